The normalized spacial score (nSPS) is 10.9. The smallest absolute Gasteiger partial charge is 0.130 e. The number of halogens is 2. The minimum atomic E-state index is 0.290. The number of hydrogen-bond acceptors (Lipinski definition) is 4. The Morgan fingerprint density at radius 3 is 2.94 bits per heavy atom. The van der Waals surface area contributed by atoms with Crippen LogP contribution in [0.4, 0.5) is 5.69 Å². The van der Waals surface area contributed by atoms with E-state index in [4.69, 9.17) is 21.4 Å². The van der Waals surface area contributed by atoms with Gasteiger partial charge in [-0.25, -0.2) is 4.98 Å². The third-order valence-electron chi connectivity index (χ3n) is 2.09. The van der Waals surface area contributed by atoms with Crippen molar-refractivity contribution in [1.29, 1.82) is 5.41 Å². The van der Waals surface area contributed by atoms with Gasteiger partial charge in [-0.2, -0.15) is 0 Å². The molecule has 17 heavy (non-hydrogen) atoms. The molecule has 2 heterocycles. The molecule has 0 saturated heterocycles. The second-order valence-corrected chi connectivity index (χ2v) is 5.58. The van der Waals surface area contributed by atoms with Gasteiger partial charge in [-0.15, -0.1) is 0 Å². The van der Waals surface area contributed by atoms with Crippen molar-refractivity contribution in [2.75, 3.05) is 5.09 Å². The van der Waals surface area contributed by atoms with Gasteiger partial charge in [-0.3, -0.25) is 5.41 Å². The van der Waals surface area contributed by atoms with Crippen LogP contribution in [0.1, 0.15) is 11.3 Å². The average molecular weight is 380 g/mol. The van der Waals surface area contributed by atoms with Crippen LogP contribution in [-0.2, 0) is 0 Å². The maximum Gasteiger partial charge on any atom is 0.130 e. The molecule has 2 N–H and O–H groups in total. The van der Waals surface area contributed by atoms with Crippen molar-refractivity contribution in [1.82, 2.24) is 4.98 Å². The van der Waals surface area contributed by atoms with Gasteiger partial charge in [0, 0.05) is 11.9 Å². The summed E-state index contributed by atoms with van der Waals surface area (Å²) in [5.74, 6) is 0. The van der Waals surface area contributed by atoms with Crippen LogP contribution < -0.4 is 5.09 Å². The van der Waals surface area contributed by atoms with E-state index in [1.54, 1.807) is 12.1 Å². The number of anilines is 1. The van der Waals surface area contributed by atoms with Gasteiger partial charge < -0.3 is 9.50 Å². The summed E-state index contributed by atoms with van der Waals surface area (Å²) in [7, 11) is 0. The molecular formula is C10H8ClIN3OP. The molecule has 0 radical (unpaired) electrons. The van der Waals surface area contributed by atoms with Gasteiger partial charge in [0.15, 0.2) is 0 Å². The van der Waals surface area contributed by atoms with Crippen LogP contribution in [0.5, 0.6) is 0 Å². The molecular weight excluding hydrogens is 371 g/mol. The van der Waals surface area contributed by atoms with Crippen LogP contribution >= 0.6 is 40.0 Å². The molecule has 0 spiro atoms. The molecule has 4 nitrogen and oxygen atoms in total. The number of pyridine rings is 1. The van der Waals surface area contributed by atoms with Gasteiger partial charge in [-0.05, 0) is 40.2 Å². The van der Waals surface area contributed by atoms with E-state index in [2.05, 4.69) is 32.1 Å². The number of rotatable bonds is 4. The Morgan fingerprint density at radius 2 is 2.29 bits per heavy atom. The molecule has 0 saturated carbocycles. The van der Waals surface area contributed by atoms with Crippen molar-refractivity contribution < 1.29 is 4.42 Å². The first-order chi connectivity index (χ1) is 8.22. The van der Waals surface area contributed by atoms with Crippen molar-refractivity contribution in [2.45, 2.75) is 0 Å². The lowest BCUT2D eigenvalue weighted by Gasteiger charge is -2.09. The molecule has 0 fully saturated rings. The van der Waals surface area contributed by atoms with E-state index in [1.165, 1.54) is 12.5 Å². The molecule has 0 amide bonds. The van der Waals surface area contributed by atoms with Crippen LogP contribution in [0.15, 0.2) is 35.1 Å². The van der Waals surface area contributed by atoms with Gasteiger partial charge in [0.1, 0.15) is 10.8 Å². The maximum absolute atomic E-state index is 8.08. The summed E-state index contributed by atoms with van der Waals surface area (Å²) in [6.45, 7) is 0. The molecule has 2 rings (SSSR count). The van der Waals surface area contributed by atoms with Crippen molar-refractivity contribution in [3.8, 4) is 0 Å². The number of furan rings is 1. The van der Waals surface area contributed by atoms with Gasteiger partial charge in [0.05, 0.1) is 23.9 Å². The summed E-state index contributed by atoms with van der Waals surface area (Å²) in [6.07, 6.45) is 3.55. The Labute approximate surface area is 118 Å². The fraction of sp³-hybridized carbons (Fsp3) is 0. The zero-order valence-corrected chi connectivity index (χ0v) is 12.4. The van der Waals surface area contributed by atoms with Crippen molar-refractivity contribution in [2.24, 2.45) is 0 Å². The molecule has 0 aromatic carbocycles. The summed E-state index contributed by atoms with van der Waals surface area (Å²) >= 11 is 8.08. The molecule has 1 unspecified atom stereocenters. The third kappa shape index (κ3) is 2.97. The quantitative estimate of drug-likeness (QED) is 0.364. The lowest BCUT2D eigenvalue weighted by atomic mass is 10.1. The lowest BCUT2D eigenvalue weighted by Crippen LogP contribution is -2.06. The Hall–Kier alpha value is -0.650. The van der Waals surface area contributed by atoms with E-state index >= 15 is 0 Å². The maximum atomic E-state index is 8.08. The zero-order valence-electron chi connectivity index (χ0n) is 8.50. The monoisotopic (exact) mass is 379 g/mol. The van der Waals surface area contributed by atoms with Crippen molar-refractivity contribution >= 4 is 51.4 Å². The molecule has 0 bridgehead atoms. The van der Waals surface area contributed by atoms with Crippen LogP contribution in [0.2, 0.25) is 5.15 Å². The van der Waals surface area contributed by atoms with Gasteiger partial charge in [-0.1, -0.05) is 11.6 Å². The lowest BCUT2D eigenvalue weighted by molar-refractivity contribution is 0.567. The average Bonchev–Trinajstić information content (AvgIpc) is 2.84. The van der Waals surface area contributed by atoms with Gasteiger partial charge in [0.2, 0.25) is 0 Å². The van der Waals surface area contributed by atoms with Crippen LogP contribution in [0, 0.1) is 5.41 Å². The topological polar surface area (TPSA) is 61.9 Å². The number of nitrogens with one attached hydrogen (secondary N) is 2. The fourth-order valence-electron chi connectivity index (χ4n) is 1.32. The second kappa shape index (κ2) is 5.80. The largest absolute Gasteiger partial charge is 0.472 e. The molecule has 7 heteroatoms. The molecule has 0 aliphatic rings. The van der Waals surface area contributed by atoms with E-state index in [9.17, 15) is 0 Å². The Morgan fingerprint density at radius 1 is 1.47 bits per heavy atom. The standard InChI is InChI=1S/C10H8ClIN3OP/c11-8-2-1-7(15-17-12)10(14-8)9(13)6-3-4-16-5-6/h1-5,13,15,17H. The molecule has 1 atom stereocenters. The second-order valence-electron chi connectivity index (χ2n) is 3.14. The third-order valence-corrected chi connectivity index (χ3v) is 3.47. The zero-order chi connectivity index (χ0) is 12.3. The first-order valence-electron chi connectivity index (χ1n) is 4.62. The van der Waals surface area contributed by atoms with E-state index in [0.717, 1.165) is 5.69 Å². The first kappa shape index (κ1) is 12.8. The molecule has 88 valence electrons. The Balaban J connectivity index is 2.42. The highest BCUT2D eigenvalue weighted by Gasteiger charge is 2.13. The summed E-state index contributed by atoms with van der Waals surface area (Å²) in [5.41, 5.74) is 2.30. The molecule has 2 aromatic heterocycles. The van der Waals surface area contributed by atoms with E-state index in [1.807, 2.05) is 6.07 Å². The minimum Gasteiger partial charge on any atom is -0.472 e. The summed E-state index contributed by atoms with van der Waals surface area (Å²) < 4.78 is 4.97. The van der Waals surface area contributed by atoms with Crippen LogP contribution in [0.25, 0.3) is 0 Å². The minimum absolute atomic E-state index is 0.290. The Kier molecular flexibility index (Phi) is 4.36. The SMILES string of the molecule is N=C(c1ccoc1)c1nc(Cl)ccc1NPI. The summed E-state index contributed by atoms with van der Waals surface area (Å²) in [5, 5.41) is 11.6. The van der Waals surface area contributed by atoms with Crippen molar-refractivity contribution in [3.63, 3.8) is 0 Å². The van der Waals surface area contributed by atoms with Gasteiger partial charge >= 0.3 is 0 Å². The fourth-order valence-corrected chi connectivity index (χ4v) is 2.64. The van der Waals surface area contributed by atoms with Crippen molar-refractivity contribution in [3.05, 3.63) is 47.1 Å². The van der Waals surface area contributed by atoms with E-state index in [0.29, 0.717) is 28.5 Å². The van der Waals surface area contributed by atoms with Gasteiger partial charge in [0.25, 0.3) is 0 Å². The highest BCUT2D eigenvalue weighted by molar-refractivity contribution is 14.2. The Bertz CT molecular complexity index is 532. The molecule has 0 aliphatic carbocycles. The summed E-state index contributed by atoms with van der Waals surface area (Å²) in [4.78, 5) is 4.19. The van der Waals surface area contributed by atoms with Crippen LogP contribution in [0.3, 0.4) is 0 Å². The van der Waals surface area contributed by atoms with Crippen LogP contribution in [-0.4, -0.2) is 10.7 Å². The number of hydrogen-bond donors (Lipinski definition) is 2. The number of nitrogens with zero attached hydrogens (tertiary/aromatic N) is 1. The molecule has 0 aliphatic heterocycles. The van der Waals surface area contributed by atoms with E-state index in [-0.39, 0.29) is 0 Å². The number of aromatic nitrogens is 1. The highest BCUT2D eigenvalue weighted by atomic mass is 127. The predicted molar refractivity (Wildman–Crippen MR) is 79.8 cm³/mol. The first-order valence-corrected chi connectivity index (χ1v) is 9.11. The highest BCUT2D eigenvalue weighted by Crippen LogP contribution is 2.28. The molecule has 2 aromatic rings. The predicted octanol–water partition coefficient (Wildman–Crippen LogP) is 4.10. The van der Waals surface area contributed by atoms with E-state index < -0.39 is 0 Å². The summed E-state index contributed by atoms with van der Waals surface area (Å²) in [6, 6.07) is 5.25.